The van der Waals surface area contributed by atoms with Crippen molar-refractivity contribution in [1.29, 1.82) is 0 Å². The summed E-state index contributed by atoms with van der Waals surface area (Å²) in [6, 6.07) is 14.6. The molecule has 0 aliphatic carbocycles. The summed E-state index contributed by atoms with van der Waals surface area (Å²) in [5.74, 6) is 0.00871. The highest BCUT2D eigenvalue weighted by atomic mass is 17.2. The van der Waals surface area contributed by atoms with E-state index in [2.05, 4.69) is 6.92 Å². The molecule has 2 aromatic rings. The molecular weight excluding hydrogens is 332 g/mol. The van der Waals surface area contributed by atoms with Crippen molar-refractivity contribution in [2.75, 3.05) is 13.2 Å². The molecule has 0 radical (unpaired) electrons. The van der Waals surface area contributed by atoms with E-state index in [1.807, 2.05) is 36.4 Å². The fourth-order valence-corrected chi connectivity index (χ4v) is 2.60. The summed E-state index contributed by atoms with van der Waals surface area (Å²) in [4.78, 5) is 22.0. The van der Waals surface area contributed by atoms with Gasteiger partial charge in [0.2, 0.25) is 0 Å². The van der Waals surface area contributed by atoms with Crippen LogP contribution in [0.4, 0.5) is 0 Å². The molecule has 0 fully saturated rings. The predicted octanol–water partition coefficient (Wildman–Crippen LogP) is 4.90. The molecule has 0 atom stereocenters. The zero-order valence-electron chi connectivity index (χ0n) is 15.1. The Morgan fingerprint density at radius 1 is 0.962 bits per heavy atom. The fraction of sp³-hybridized carbons (Fsp3) is 0.381. The third-order valence-electron chi connectivity index (χ3n) is 3.95. The van der Waals surface area contributed by atoms with E-state index in [0.717, 1.165) is 37.0 Å². The SMILES string of the molecule is CCCCCCc1cccc(C(=O)O)c1OOCCOc1ccccc1. The Bertz CT molecular complexity index is 669. The summed E-state index contributed by atoms with van der Waals surface area (Å²) in [6.45, 7) is 2.66. The van der Waals surface area contributed by atoms with Gasteiger partial charge in [0, 0.05) is 0 Å². The van der Waals surface area contributed by atoms with Crippen LogP contribution in [0.15, 0.2) is 48.5 Å². The van der Waals surface area contributed by atoms with Crippen LogP contribution >= 0.6 is 0 Å². The molecule has 0 saturated carbocycles. The highest BCUT2D eigenvalue weighted by Crippen LogP contribution is 2.26. The maximum absolute atomic E-state index is 11.5. The van der Waals surface area contributed by atoms with Crippen LogP contribution in [0.3, 0.4) is 0 Å². The van der Waals surface area contributed by atoms with Gasteiger partial charge in [0.25, 0.3) is 0 Å². The molecule has 0 aliphatic rings. The van der Waals surface area contributed by atoms with E-state index >= 15 is 0 Å². The fourth-order valence-electron chi connectivity index (χ4n) is 2.60. The van der Waals surface area contributed by atoms with Gasteiger partial charge < -0.3 is 14.7 Å². The van der Waals surface area contributed by atoms with Crippen LogP contribution < -0.4 is 9.62 Å². The third-order valence-corrected chi connectivity index (χ3v) is 3.95. The van der Waals surface area contributed by atoms with E-state index in [1.54, 1.807) is 6.07 Å². The van der Waals surface area contributed by atoms with Crippen molar-refractivity contribution in [2.45, 2.75) is 39.0 Å². The molecule has 140 valence electrons. The molecule has 0 heterocycles. The van der Waals surface area contributed by atoms with Crippen LogP contribution in [0.1, 0.15) is 48.5 Å². The van der Waals surface area contributed by atoms with Gasteiger partial charge in [-0.2, -0.15) is 4.89 Å². The Kier molecular flexibility index (Phi) is 8.49. The average molecular weight is 358 g/mol. The lowest BCUT2D eigenvalue weighted by Gasteiger charge is -2.13. The standard InChI is InChI=1S/C21H26O5/c1-2-3-4-6-10-17-11-9-14-19(21(22)23)20(17)26-25-16-15-24-18-12-7-5-8-13-18/h5,7-9,11-14H,2-4,6,10,15-16H2,1H3,(H,22,23). The first-order valence-electron chi connectivity index (χ1n) is 9.05. The number of para-hydroxylation sites is 2. The molecule has 5 nitrogen and oxygen atoms in total. The minimum atomic E-state index is -1.03. The van der Waals surface area contributed by atoms with Gasteiger partial charge in [-0.05, 0) is 36.6 Å². The molecule has 1 N–H and O–H groups in total. The lowest BCUT2D eigenvalue weighted by Crippen LogP contribution is -2.12. The maximum Gasteiger partial charge on any atom is 0.339 e. The van der Waals surface area contributed by atoms with Crippen LogP contribution in [0, 0.1) is 0 Å². The van der Waals surface area contributed by atoms with Gasteiger partial charge in [0.05, 0.1) is 0 Å². The first-order valence-corrected chi connectivity index (χ1v) is 9.05. The van der Waals surface area contributed by atoms with Gasteiger partial charge in [0.15, 0.2) is 5.75 Å². The largest absolute Gasteiger partial charge is 0.491 e. The molecule has 5 heteroatoms. The highest BCUT2D eigenvalue weighted by Gasteiger charge is 2.16. The second kappa shape index (κ2) is 11.2. The van der Waals surface area contributed by atoms with E-state index < -0.39 is 5.97 Å². The molecule has 0 spiro atoms. The number of rotatable bonds is 12. The summed E-state index contributed by atoms with van der Waals surface area (Å²) in [5.41, 5.74) is 0.965. The normalized spacial score (nSPS) is 10.5. The Labute approximate surface area is 154 Å². The van der Waals surface area contributed by atoms with E-state index in [-0.39, 0.29) is 17.9 Å². The van der Waals surface area contributed by atoms with E-state index in [9.17, 15) is 9.90 Å². The minimum Gasteiger partial charge on any atom is -0.491 e. The van der Waals surface area contributed by atoms with Crippen molar-refractivity contribution in [3.8, 4) is 11.5 Å². The predicted molar refractivity (Wildman–Crippen MR) is 99.8 cm³/mol. The van der Waals surface area contributed by atoms with Gasteiger partial charge in [-0.1, -0.05) is 56.5 Å². The second-order valence-corrected chi connectivity index (χ2v) is 5.98. The Balaban J connectivity index is 1.89. The average Bonchev–Trinajstić information content (AvgIpc) is 2.66. The number of aromatic carboxylic acids is 1. The molecule has 2 rings (SSSR count). The van der Waals surface area contributed by atoms with Gasteiger partial charge in [-0.3, -0.25) is 0 Å². The van der Waals surface area contributed by atoms with E-state index in [4.69, 9.17) is 14.5 Å². The number of carbonyl (C=O) groups is 1. The third kappa shape index (κ3) is 6.41. The first-order chi connectivity index (χ1) is 12.7. The minimum absolute atomic E-state index is 0.113. The van der Waals surface area contributed by atoms with Gasteiger partial charge >= 0.3 is 5.97 Å². The summed E-state index contributed by atoms with van der Waals surface area (Å²) >= 11 is 0. The molecule has 0 bridgehead atoms. The van der Waals surface area contributed by atoms with Crippen molar-refractivity contribution in [3.63, 3.8) is 0 Å². The zero-order chi connectivity index (χ0) is 18.6. The Morgan fingerprint density at radius 2 is 1.77 bits per heavy atom. The number of ether oxygens (including phenoxy) is 1. The van der Waals surface area contributed by atoms with Crippen LogP contribution in [-0.4, -0.2) is 24.3 Å². The van der Waals surface area contributed by atoms with E-state index in [1.165, 1.54) is 12.5 Å². The molecule has 2 aromatic carbocycles. The Morgan fingerprint density at radius 3 is 2.50 bits per heavy atom. The van der Waals surface area contributed by atoms with Gasteiger partial charge in [-0.15, -0.1) is 0 Å². The maximum atomic E-state index is 11.5. The number of carboxylic acid groups (broad SMARTS) is 1. The summed E-state index contributed by atoms with van der Waals surface area (Å²) < 4.78 is 5.52. The lowest BCUT2D eigenvalue weighted by atomic mass is 10.0. The Hall–Kier alpha value is -2.53. The number of hydrogen-bond donors (Lipinski definition) is 1. The molecule has 0 amide bonds. The monoisotopic (exact) mass is 358 g/mol. The molecule has 26 heavy (non-hydrogen) atoms. The van der Waals surface area contributed by atoms with Crippen LogP contribution in [-0.2, 0) is 11.3 Å². The van der Waals surface area contributed by atoms with Gasteiger partial charge in [0.1, 0.15) is 24.5 Å². The molecule has 0 aliphatic heterocycles. The summed E-state index contributed by atoms with van der Waals surface area (Å²) in [7, 11) is 0. The summed E-state index contributed by atoms with van der Waals surface area (Å²) in [5, 5.41) is 9.39. The first kappa shape index (κ1) is 19.8. The second-order valence-electron chi connectivity index (χ2n) is 5.98. The van der Waals surface area contributed by atoms with Gasteiger partial charge in [-0.25, -0.2) is 4.79 Å². The van der Waals surface area contributed by atoms with Crippen molar-refractivity contribution < 1.29 is 24.4 Å². The zero-order valence-corrected chi connectivity index (χ0v) is 15.1. The number of unbranched alkanes of at least 4 members (excludes halogenated alkanes) is 3. The smallest absolute Gasteiger partial charge is 0.339 e. The quantitative estimate of drug-likeness (QED) is 0.332. The van der Waals surface area contributed by atoms with Crippen molar-refractivity contribution >= 4 is 5.97 Å². The van der Waals surface area contributed by atoms with Crippen molar-refractivity contribution in [3.05, 3.63) is 59.7 Å². The molecule has 0 saturated heterocycles. The van der Waals surface area contributed by atoms with Crippen LogP contribution in [0.5, 0.6) is 11.5 Å². The number of benzene rings is 2. The number of aryl methyl sites for hydroxylation is 1. The van der Waals surface area contributed by atoms with Crippen LogP contribution in [0.2, 0.25) is 0 Å². The molecular formula is C21H26O5. The van der Waals surface area contributed by atoms with E-state index in [0.29, 0.717) is 6.61 Å². The number of carboxylic acids is 1. The highest BCUT2D eigenvalue weighted by molar-refractivity contribution is 5.91. The van der Waals surface area contributed by atoms with Crippen molar-refractivity contribution in [1.82, 2.24) is 0 Å². The van der Waals surface area contributed by atoms with Crippen molar-refractivity contribution in [2.24, 2.45) is 0 Å². The summed E-state index contributed by atoms with van der Waals surface area (Å²) in [6.07, 6.45) is 5.19. The lowest BCUT2D eigenvalue weighted by molar-refractivity contribution is -0.211. The number of hydrogen-bond acceptors (Lipinski definition) is 4. The van der Waals surface area contributed by atoms with Crippen LogP contribution in [0.25, 0.3) is 0 Å². The molecule has 0 aromatic heterocycles. The topological polar surface area (TPSA) is 65.0 Å². The molecule has 0 unspecified atom stereocenters.